The topological polar surface area (TPSA) is 101 Å². The van der Waals surface area contributed by atoms with E-state index in [4.69, 9.17) is 27.9 Å². The van der Waals surface area contributed by atoms with E-state index in [0.717, 1.165) is 32.1 Å². The summed E-state index contributed by atoms with van der Waals surface area (Å²) in [6.45, 7) is 7.04. The van der Waals surface area contributed by atoms with Crippen LogP contribution in [0.4, 0.5) is 26.1 Å². The Labute approximate surface area is 272 Å². The molecule has 1 aromatic heterocycles. The molecule has 2 heterocycles. The number of rotatable bonds is 9. The van der Waals surface area contributed by atoms with Gasteiger partial charge in [-0.3, -0.25) is 9.59 Å². The third-order valence-corrected chi connectivity index (χ3v) is 9.00. The lowest BCUT2D eigenvalue weighted by Gasteiger charge is -2.31. The number of amides is 2. The van der Waals surface area contributed by atoms with Crippen molar-refractivity contribution in [3.8, 4) is 0 Å². The van der Waals surface area contributed by atoms with E-state index in [-0.39, 0.29) is 46.1 Å². The second-order valence-corrected chi connectivity index (χ2v) is 13.4. The van der Waals surface area contributed by atoms with Gasteiger partial charge in [0, 0.05) is 31.1 Å². The van der Waals surface area contributed by atoms with Crippen LogP contribution < -0.4 is 20.9 Å². The SMILES string of the molecule is CC(C)(C)C(=O)NCc1ccc(Cl)c(Nc2nc3cc(C(=O)NC4CCCCC4)c(N4CCOCC4)cc3n2CC(F)F)c1Cl. The number of halogens is 4. The molecule has 1 saturated carbocycles. The number of alkyl halides is 2. The minimum absolute atomic E-state index is 0.0952. The first-order valence-corrected chi connectivity index (χ1v) is 16.2. The number of imidazole rings is 1. The van der Waals surface area contributed by atoms with Crippen LogP contribution in [0.15, 0.2) is 24.3 Å². The number of nitrogens with one attached hydrogen (secondary N) is 3. The van der Waals surface area contributed by atoms with Crippen LogP contribution in [0.5, 0.6) is 0 Å². The maximum Gasteiger partial charge on any atom is 0.256 e. The first kappa shape index (κ1) is 33.2. The summed E-state index contributed by atoms with van der Waals surface area (Å²) in [5.41, 5.74) is 2.18. The van der Waals surface area contributed by atoms with Gasteiger partial charge in [0.15, 0.2) is 0 Å². The molecule has 9 nitrogen and oxygen atoms in total. The third-order valence-electron chi connectivity index (χ3n) is 8.25. The van der Waals surface area contributed by atoms with Crippen molar-refractivity contribution < 1.29 is 23.1 Å². The number of hydrogen-bond donors (Lipinski definition) is 3. The van der Waals surface area contributed by atoms with E-state index < -0.39 is 18.4 Å². The molecule has 244 valence electrons. The molecule has 0 atom stereocenters. The molecule has 2 fully saturated rings. The molecule has 2 aliphatic rings. The standard InChI is InChI=1S/C32H40Cl2F2N6O3/c1-32(2,3)30(44)37-17-19-9-10-22(33)28(27(19)34)40-31-39-23-15-21(29(43)38-20-7-5-4-6-8-20)24(41-11-13-45-14-12-41)16-25(23)42(31)18-26(35)36/h9-10,15-16,20,26H,4-8,11-14,17-18H2,1-3H3,(H,37,44)(H,38,43)(H,39,40). The molecule has 45 heavy (non-hydrogen) atoms. The largest absolute Gasteiger partial charge is 0.378 e. The fraction of sp³-hybridized carbons (Fsp3) is 0.531. The number of nitrogens with zero attached hydrogens (tertiary/aromatic N) is 3. The van der Waals surface area contributed by atoms with Gasteiger partial charge in [-0.15, -0.1) is 0 Å². The number of ether oxygens (including phenoxy) is 1. The van der Waals surface area contributed by atoms with Crippen molar-refractivity contribution >= 4 is 63.4 Å². The van der Waals surface area contributed by atoms with E-state index >= 15 is 0 Å². The van der Waals surface area contributed by atoms with Crippen LogP contribution in [0, 0.1) is 5.41 Å². The molecule has 0 bridgehead atoms. The number of carbonyl (C=O) groups is 2. The zero-order chi connectivity index (χ0) is 32.3. The normalized spacial score (nSPS) is 16.3. The molecule has 1 aliphatic carbocycles. The summed E-state index contributed by atoms with van der Waals surface area (Å²) < 4.78 is 34.9. The van der Waals surface area contributed by atoms with Crippen molar-refractivity contribution in [2.24, 2.45) is 5.41 Å². The van der Waals surface area contributed by atoms with Crippen LogP contribution in [0.1, 0.15) is 68.8 Å². The number of benzene rings is 2. The zero-order valence-electron chi connectivity index (χ0n) is 25.8. The minimum Gasteiger partial charge on any atom is -0.378 e. The molecule has 0 radical (unpaired) electrons. The zero-order valence-corrected chi connectivity index (χ0v) is 27.3. The molecule has 2 amide bonds. The van der Waals surface area contributed by atoms with E-state index in [1.165, 1.54) is 4.57 Å². The summed E-state index contributed by atoms with van der Waals surface area (Å²) in [5.74, 6) is -0.261. The van der Waals surface area contributed by atoms with Crippen molar-refractivity contribution in [3.63, 3.8) is 0 Å². The Morgan fingerprint density at radius 2 is 1.80 bits per heavy atom. The number of anilines is 3. The van der Waals surface area contributed by atoms with Gasteiger partial charge in [-0.05, 0) is 36.6 Å². The van der Waals surface area contributed by atoms with Crippen LogP contribution >= 0.6 is 23.2 Å². The smallest absolute Gasteiger partial charge is 0.256 e. The second kappa shape index (κ2) is 14.1. The average molecular weight is 666 g/mol. The lowest BCUT2D eigenvalue weighted by molar-refractivity contribution is -0.128. The summed E-state index contributed by atoms with van der Waals surface area (Å²) in [7, 11) is 0. The molecule has 1 saturated heterocycles. The summed E-state index contributed by atoms with van der Waals surface area (Å²) in [4.78, 5) is 32.8. The Balaban J connectivity index is 1.54. The highest BCUT2D eigenvalue weighted by molar-refractivity contribution is 6.39. The lowest BCUT2D eigenvalue weighted by atomic mass is 9.95. The Kier molecular flexibility index (Phi) is 10.4. The maximum atomic E-state index is 14.0. The van der Waals surface area contributed by atoms with Crippen LogP contribution in [-0.2, 0) is 22.6 Å². The van der Waals surface area contributed by atoms with E-state index in [1.807, 2.05) is 20.8 Å². The number of hydrogen-bond acceptors (Lipinski definition) is 6. The predicted molar refractivity (Wildman–Crippen MR) is 174 cm³/mol. The van der Waals surface area contributed by atoms with Gasteiger partial charge in [0.1, 0.15) is 0 Å². The fourth-order valence-electron chi connectivity index (χ4n) is 5.74. The fourth-order valence-corrected chi connectivity index (χ4v) is 6.27. The van der Waals surface area contributed by atoms with Gasteiger partial charge in [0.25, 0.3) is 12.3 Å². The summed E-state index contributed by atoms with van der Waals surface area (Å²) in [6.07, 6.45) is 2.48. The number of carbonyl (C=O) groups excluding carboxylic acids is 2. The van der Waals surface area contributed by atoms with E-state index in [2.05, 4.69) is 25.8 Å². The van der Waals surface area contributed by atoms with Crippen LogP contribution in [-0.4, -0.2) is 60.1 Å². The Morgan fingerprint density at radius 1 is 1.09 bits per heavy atom. The van der Waals surface area contributed by atoms with Gasteiger partial charge in [0.05, 0.1) is 57.8 Å². The molecule has 0 unspecified atom stereocenters. The van der Waals surface area contributed by atoms with Crippen molar-refractivity contribution in [3.05, 3.63) is 45.4 Å². The van der Waals surface area contributed by atoms with Crippen molar-refractivity contribution in [1.82, 2.24) is 20.2 Å². The van der Waals surface area contributed by atoms with Crippen LogP contribution in [0.2, 0.25) is 10.0 Å². The Bertz CT molecular complexity index is 1550. The van der Waals surface area contributed by atoms with Gasteiger partial charge in [0.2, 0.25) is 11.9 Å². The second-order valence-electron chi connectivity index (χ2n) is 12.7. The highest BCUT2D eigenvalue weighted by atomic mass is 35.5. The van der Waals surface area contributed by atoms with Crippen molar-refractivity contribution in [2.75, 3.05) is 36.5 Å². The van der Waals surface area contributed by atoms with E-state index in [9.17, 15) is 18.4 Å². The van der Waals surface area contributed by atoms with Crippen LogP contribution in [0.25, 0.3) is 11.0 Å². The average Bonchev–Trinajstić information content (AvgIpc) is 3.33. The molecule has 2 aromatic carbocycles. The number of morpholine rings is 1. The number of aromatic nitrogens is 2. The lowest BCUT2D eigenvalue weighted by Crippen LogP contribution is -2.40. The molecule has 1 aliphatic heterocycles. The van der Waals surface area contributed by atoms with Crippen molar-refractivity contribution in [2.45, 2.75) is 78.4 Å². The molecular formula is C32H40Cl2F2N6O3. The molecular weight excluding hydrogens is 625 g/mol. The van der Waals surface area contributed by atoms with Crippen LogP contribution in [0.3, 0.4) is 0 Å². The van der Waals surface area contributed by atoms with Gasteiger partial charge < -0.3 is 30.2 Å². The van der Waals surface area contributed by atoms with Crippen molar-refractivity contribution in [1.29, 1.82) is 0 Å². The van der Waals surface area contributed by atoms with Gasteiger partial charge in [-0.1, -0.05) is 69.3 Å². The summed E-state index contributed by atoms with van der Waals surface area (Å²) >= 11 is 13.3. The monoisotopic (exact) mass is 664 g/mol. The van der Waals surface area contributed by atoms with E-state index in [1.54, 1.807) is 24.3 Å². The van der Waals surface area contributed by atoms with E-state index in [0.29, 0.717) is 54.2 Å². The third kappa shape index (κ3) is 7.81. The predicted octanol–water partition coefficient (Wildman–Crippen LogP) is 6.91. The summed E-state index contributed by atoms with van der Waals surface area (Å²) in [5, 5.41) is 9.62. The maximum absolute atomic E-state index is 14.0. The summed E-state index contributed by atoms with van der Waals surface area (Å²) in [6, 6.07) is 6.86. The van der Waals surface area contributed by atoms with Gasteiger partial charge in [-0.25, -0.2) is 13.8 Å². The quantitative estimate of drug-likeness (QED) is 0.230. The highest BCUT2D eigenvalue weighted by Gasteiger charge is 2.27. The minimum atomic E-state index is -2.69. The molecule has 5 rings (SSSR count). The Hall–Kier alpha value is -3.15. The van der Waals surface area contributed by atoms with Gasteiger partial charge >= 0.3 is 0 Å². The first-order valence-electron chi connectivity index (χ1n) is 15.4. The molecule has 0 spiro atoms. The van der Waals surface area contributed by atoms with Gasteiger partial charge in [-0.2, -0.15) is 0 Å². The Morgan fingerprint density at radius 3 is 2.47 bits per heavy atom. The first-order chi connectivity index (χ1) is 21.4. The number of fused-ring (bicyclic) bond motifs is 1. The molecule has 3 N–H and O–H groups in total. The molecule has 3 aromatic rings. The highest BCUT2D eigenvalue weighted by Crippen LogP contribution is 2.38. The molecule has 13 heteroatoms.